The number of ketones is 1. The summed E-state index contributed by atoms with van der Waals surface area (Å²) in [6.07, 6.45) is 0. The summed E-state index contributed by atoms with van der Waals surface area (Å²) in [7, 11) is 2.77. The zero-order valence-electron chi connectivity index (χ0n) is 13.3. The predicted molar refractivity (Wildman–Crippen MR) is 82.3 cm³/mol. The van der Waals surface area contributed by atoms with Crippen LogP contribution < -0.4 is 10.1 Å². The van der Waals surface area contributed by atoms with E-state index in [1.54, 1.807) is 18.2 Å². The molecule has 1 aromatic carbocycles. The number of hydrogen-bond donors (Lipinski definition) is 1. The third kappa shape index (κ3) is 2.39. The molecule has 0 radical (unpaired) electrons. The fraction of sp³-hybridized carbons (Fsp3) is 0.267. The standard InChI is InChI=1S/C15H15N5O4/c1-8(21)11-12(14(22)24-3)16-15-17-18-19-20(15)13(11)9-6-4-5-7-10(9)23-2/h4-7,13H,1-3H3,(H,16,17,19). The van der Waals surface area contributed by atoms with Gasteiger partial charge in [-0.1, -0.05) is 23.3 Å². The Balaban J connectivity index is 2.29. The monoisotopic (exact) mass is 329 g/mol. The Kier molecular flexibility index (Phi) is 3.98. The van der Waals surface area contributed by atoms with E-state index in [1.807, 2.05) is 6.07 Å². The number of aromatic nitrogens is 4. The minimum atomic E-state index is -0.709. The molecule has 1 atom stereocenters. The zero-order chi connectivity index (χ0) is 17.3. The fourth-order valence-corrected chi connectivity index (χ4v) is 2.70. The van der Waals surface area contributed by atoms with Crippen LogP contribution in [0.1, 0.15) is 18.5 Å². The molecule has 1 unspecified atom stereocenters. The second-order valence-corrected chi connectivity index (χ2v) is 5.05. The number of carbonyl (C=O) groups excluding carboxylic acids is 2. The van der Waals surface area contributed by atoms with Crippen molar-refractivity contribution in [3.05, 3.63) is 41.1 Å². The first-order valence-corrected chi connectivity index (χ1v) is 7.09. The Morgan fingerprint density at radius 2 is 2.00 bits per heavy atom. The van der Waals surface area contributed by atoms with Crippen molar-refractivity contribution in [2.75, 3.05) is 19.5 Å². The number of anilines is 1. The molecule has 1 aliphatic heterocycles. The van der Waals surface area contributed by atoms with E-state index < -0.39 is 12.0 Å². The van der Waals surface area contributed by atoms with Gasteiger partial charge in [-0.15, -0.1) is 0 Å². The lowest BCUT2D eigenvalue weighted by Gasteiger charge is -2.28. The number of methoxy groups -OCH3 is 2. The number of allylic oxidation sites excluding steroid dienone is 1. The third-order valence-corrected chi connectivity index (χ3v) is 3.72. The molecule has 1 aliphatic rings. The third-order valence-electron chi connectivity index (χ3n) is 3.72. The lowest BCUT2D eigenvalue weighted by atomic mass is 9.92. The molecule has 124 valence electrons. The molecule has 9 heteroatoms. The topological polar surface area (TPSA) is 108 Å². The lowest BCUT2D eigenvalue weighted by molar-refractivity contribution is -0.136. The molecule has 2 heterocycles. The summed E-state index contributed by atoms with van der Waals surface area (Å²) >= 11 is 0. The highest BCUT2D eigenvalue weighted by Gasteiger charge is 2.37. The van der Waals surface area contributed by atoms with E-state index in [0.29, 0.717) is 11.3 Å². The van der Waals surface area contributed by atoms with E-state index in [0.717, 1.165) is 0 Å². The molecule has 2 aromatic rings. The van der Waals surface area contributed by atoms with Crippen LogP contribution in [-0.2, 0) is 14.3 Å². The number of benzene rings is 1. The predicted octanol–water partition coefficient (Wildman–Crippen LogP) is 0.713. The van der Waals surface area contributed by atoms with Crippen molar-refractivity contribution in [2.24, 2.45) is 0 Å². The fourth-order valence-electron chi connectivity index (χ4n) is 2.70. The molecule has 0 bridgehead atoms. The number of ether oxygens (including phenoxy) is 2. The molecule has 0 aliphatic carbocycles. The van der Waals surface area contributed by atoms with Crippen LogP contribution in [0.5, 0.6) is 5.75 Å². The van der Waals surface area contributed by atoms with Gasteiger partial charge in [0.2, 0.25) is 5.95 Å². The maximum absolute atomic E-state index is 12.3. The van der Waals surface area contributed by atoms with Crippen molar-refractivity contribution < 1.29 is 19.1 Å². The van der Waals surface area contributed by atoms with Crippen molar-refractivity contribution in [3.8, 4) is 5.75 Å². The first kappa shape index (κ1) is 15.7. The minimum Gasteiger partial charge on any atom is -0.496 e. The number of tetrazole rings is 1. The average Bonchev–Trinajstić information content (AvgIpc) is 3.07. The summed E-state index contributed by atoms with van der Waals surface area (Å²) in [5.41, 5.74) is 0.871. The Morgan fingerprint density at radius 3 is 2.67 bits per heavy atom. The molecule has 3 rings (SSSR count). The van der Waals surface area contributed by atoms with Crippen LogP contribution in [0.2, 0.25) is 0 Å². The maximum Gasteiger partial charge on any atom is 0.355 e. The molecule has 24 heavy (non-hydrogen) atoms. The number of rotatable bonds is 4. The Hall–Kier alpha value is -3.23. The second kappa shape index (κ2) is 6.11. The van der Waals surface area contributed by atoms with Crippen molar-refractivity contribution >= 4 is 17.7 Å². The quantitative estimate of drug-likeness (QED) is 0.817. The van der Waals surface area contributed by atoms with Gasteiger partial charge in [0.05, 0.1) is 19.8 Å². The van der Waals surface area contributed by atoms with E-state index in [-0.39, 0.29) is 23.0 Å². The molecule has 0 fully saturated rings. The van der Waals surface area contributed by atoms with Crippen molar-refractivity contribution in [1.82, 2.24) is 20.2 Å². The lowest BCUT2D eigenvalue weighted by Crippen LogP contribution is -2.32. The van der Waals surface area contributed by atoms with Gasteiger partial charge < -0.3 is 14.8 Å². The number of fused-ring (bicyclic) bond motifs is 1. The number of esters is 1. The van der Waals surface area contributed by atoms with Crippen molar-refractivity contribution in [3.63, 3.8) is 0 Å². The van der Waals surface area contributed by atoms with Gasteiger partial charge in [-0.05, 0) is 23.4 Å². The summed E-state index contributed by atoms with van der Waals surface area (Å²) in [6, 6.07) is 6.45. The van der Waals surface area contributed by atoms with Gasteiger partial charge in [0.15, 0.2) is 5.78 Å². The maximum atomic E-state index is 12.3. The minimum absolute atomic E-state index is 0.0169. The summed E-state index contributed by atoms with van der Waals surface area (Å²) in [5.74, 6) is -0.195. The van der Waals surface area contributed by atoms with Crippen LogP contribution >= 0.6 is 0 Å². The highest BCUT2D eigenvalue weighted by atomic mass is 16.5. The Bertz CT molecular complexity index is 842. The van der Waals surface area contributed by atoms with Gasteiger partial charge in [0.1, 0.15) is 17.5 Å². The highest BCUT2D eigenvalue weighted by molar-refractivity contribution is 6.06. The summed E-state index contributed by atoms with van der Waals surface area (Å²) < 4.78 is 11.6. The molecule has 0 saturated carbocycles. The van der Waals surface area contributed by atoms with Crippen molar-refractivity contribution in [2.45, 2.75) is 13.0 Å². The summed E-state index contributed by atoms with van der Waals surface area (Å²) in [6.45, 7) is 1.37. The smallest absolute Gasteiger partial charge is 0.355 e. The Labute approximate surface area is 137 Å². The van der Waals surface area contributed by atoms with Crippen LogP contribution in [0.25, 0.3) is 0 Å². The first-order chi connectivity index (χ1) is 11.6. The molecule has 1 aromatic heterocycles. The number of nitrogens with zero attached hydrogens (tertiary/aromatic N) is 4. The van der Waals surface area contributed by atoms with E-state index in [1.165, 1.54) is 25.8 Å². The van der Waals surface area contributed by atoms with Gasteiger partial charge in [-0.2, -0.15) is 4.68 Å². The number of hydrogen-bond acceptors (Lipinski definition) is 8. The largest absolute Gasteiger partial charge is 0.496 e. The van der Waals surface area contributed by atoms with Gasteiger partial charge >= 0.3 is 5.97 Å². The van der Waals surface area contributed by atoms with Gasteiger partial charge in [-0.3, -0.25) is 4.79 Å². The zero-order valence-corrected chi connectivity index (χ0v) is 13.3. The van der Waals surface area contributed by atoms with E-state index >= 15 is 0 Å². The second-order valence-electron chi connectivity index (χ2n) is 5.05. The number of Topliss-reactive ketones (excluding diaryl/α,β-unsaturated/α-hetero) is 1. The van der Waals surface area contributed by atoms with Gasteiger partial charge in [-0.25, -0.2) is 4.79 Å². The van der Waals surface area contributed by atoms with E-state index in [9.17, 15) is 9.59 Å². The van der Waals surface area contributed by atoms with Gasteiger partial charge in [0, 0.05) is 5.56 Å². The van der Waals surface area contributed by atoms with E-state index in [4.69, 9.17) is 9.47 Å². The van der Waals surface area contributed by atoms with Crippen LogP contribution in [0.3, 0.4) is 0 Å². The molecular weight excluding hydrogens is 314 g/mol. The summed E-state index contributed by atoms with van der Waals surface area (Å²) in [4.78, 5) is 24.5. The Morgan fingerprint density at radius 1 is 1.25 bits per heavy atom. The molecule has 0 spiro atoms. The molecule has 1 N–H and O–H groups in total. The molecule has 0 saturated heterocycles. The van der Waals surface area contributed by atoms with Gasteiger partial charge in [0.25, 0.3) is 0 Å². The number of carbonyl (C=O) groups is 2. The van der Waals surface area contributed by atoms with Crippen molar-refractivity contribution in [1.29, 1.82) is 0 Å². The average molecular weight is 329 g/mol. The van der Waals surface area contributed by atoms with Crippen LogP contribution in [0.4, 0.5) is 5.95 Å². The molecule has 0 amide bonds. The van der Waals surface area contributed by atoms with Crippen LogP contribution in [-0.4, -0.2) is 46.2 Å². The van der Waals surface area contributed by atoms with Crippen LogP contribution in [0.15, 0.2) is 35.5 Å². The summed E-state index contributed by atoms with van der Waals surface area (Å²) in [5, 5.41) is 14.2. The SMILES string of the molecule is COC(=O)C1=C(C(C)=O)C(c2ccccc2OC)n2nnnc2N1. The normalized spacial score (nSPS) is 16.2. The number of nitrogens with one attached hydrogen (secondary N) is 1. The van der Waals surface area contributed by atoms with Crippen LogP contribution in [0, 0.1) is 0 Å². The van der Waals surface area contributed by atoms with E-state index in [2.05, 4.69) is 20.8 Å². The highest BCUT2D eigenvalue weighted by Crippen LogP contribution is 2.38. The first-order valence-electron chi connectivity index (χ1n) is 7.09. The number of para-hydroxylation sites is 1. The molecular formula is C15H15N5O4. The molecule has 9 nitrogen and oxygen atoms in total.